The molecule has 0 saturated carbocycles. The van der Waals surface area contributed by atoms with Crippen LogP contribution in [-0.4, -0.2) is 39.7 Å². The standard InChI is InChI=1S/C17H17FN4O3.C2H6/c1-3-11(10-22(2)17(23)14-8-9-19-24-14)16-20-15(21-25-16)12-4-6-13(18)7-5-12;1-2/h4-9,11H,3,10H2,1-2H3;1-2H3/t11-;/m0./s1. The fraction of sp³-hybridized carbons (Fsp3) is 0.368. The van der Waals surface area contributed by atoms with E-state index in [1.807, 2.05) is 20.8 Å². The zero-order chi connectivity index (χ0) is 19.8. The Bertz CT molecular complexity index is 831. The first-order chi connectivity index (χ1) is 13.1. The van der Waals surface area contributed by atoms with Crippen LogP contribution in [0.3, 0.4) is 0 Å². The lowest BCUT2D eigenvalue weighted by Crippen LogP contribution is -2.30. The van der Waals surface area contributed by atoms with Crippen LogP contribution in [0.1, 0.15) is 49.6 Å². The molecule has 144 valence electrons. The van der Waals surface area contributed by atoms with Crippen molar-refractivity contribution in [2.24, 2.45) is 0 Å². The molecule has 0 bridgehead atoms. The first kappa shape index (κ1) is 20.3. The van der Waals surface area contributed by atoms with Gasteiger partial charge in [0.1, 0.15) is 5.82 Å². The van der Waals surface area contributed by atoms with Gasteiger partial charge in [0.15, 0.2) is 0 Å². The number of likely N-dealkylation sites (N-methyl/N-ethyl adjacent to an activating group) is 1. The van der Waals surface area contributed by atoms with Gasteiger partial charge in [-0.3, -0.25) is 4.79 Å². The van der Waals surface area contributed by atoms with Gasteiger partial charge in [0.05, 0.1) is 12.1 Å². The summed E-state index contributed by atoms with van der Waals surface area (Å²) in [6.45, 7) is 6.36. The van der Waals surface area contributed by atoms with Crippen LogP contribution in [0.25, 0.3) is 11.4 Å². The molecular formula is C19H23FN4O3. The van der Waals surface area contributed by atoms with Gasteiger partial charge < -0.3 is 13.9 Å². The molecule has 7 nitrogen and oxygen atoms in total. The van der Waals surface area contributed by atoms with E-state index in [0.717, 1.165) is 0 Å². The summed E-state index contributed by atoms with van der Waals surface area (Å²) >= 11 is 0. The van der Waals surface area contributed by atoms with Gasteiger partial charge in [0.25, 0.3) is 5.91 Å². The first-order valence-corrected chi connectivity index (χ1v) is 8.84. The quantitative estimate of drug-likeness (QED) is 0.644. The Labute approximate surface area is 157 Å². The summed E-state index contributed by atoms with van der Waals surface area (Å²) in [7, 11) is 1.67. The highest BCUT2D eigenvalue weighted by molar-refractivity contribution is 5.91. The number of rotatable bonds is 6. The second-order valence-electron chi connectivity index (χ2n) is 5.63. The van der Waals surface area contributed by atoms with Gasteiger partial charge in [-0.1, -0.05) is 31.1 Å². The van der Waals surface area contributed by atoms with E-state index < -0.39 is 0 Å². The molecular weight excluding hydrogens is 351 g/mol. The van der Waals surface area contributed by atoms with Crippen LogP contribution < -0.4 is 0 Å². The molecule has 0 spiro atoms. The molecule has 1 atom stereocenters. The van der Waals surface area contributed by atoms with Crippen molar-refractivity contribution in [1.82, 2.24) is 20.2 Å². The zero-order valence-electron chi connectivity index (χ0n) is 15.8. The number of aromatic nitrogens is 3. The first-order valence-electron chi connectivity index (χ1n) is 8.84. The summed E-state index contributed by atoms with van der Waals surface area (Å²) < 4.78 is 23.2. The smallest absolute Gasteiger partial charge is 0.292 e. The summed E-state index contributed by atoms with van der Waals surface area (Å²) in [6.07, 6.45) is 2.13. The second kappa shape index (κ2) is 9.61. The van der Waals surface area contributed by atoms with Crippen LogP contribution in [0.15, 0.2) is 45.6 Å². The third-order valence-electron chi connectivity index (χ3n) is 3.88. The maximum Gasteiger partial charge on any atom is 0.292 e. The molecule has 2 aromatic heterocycles. The van der Waals surface area contributed by atoms with E-state index in [0.29, 0.717) is 30.2 Å². The lowest BCUT2D eigenvalue weighted by atomic mass is 10.1. The SMILES string of the molecule is CC.CC[C@@H](CN(C)C(=O)c1ccno1)c1nc(-c2ccc(F)cc2)no1. The van der Waals surface area contributed by atoms with Gasteiger partial charge >= 0.3 is 0 Å². The lowest BCUT2D eigenvalue weighted by molar-refractivity contribution is 0.0739. The topological polar surface area (TPSA) is 85.3 Å². The maximum absolute atomic E-state index is 13.0. The molecule has 2 heterocycles. The fourth-order valence-electron chi connectivity index (χ4n) is 2.43. The van der Waals surface area contributed by atoms with E-state index in [4.69, 9.17) is 9.05 Å². The number of nitrogens with zero attached hydrogens (tertiary/aromatic N) is 4. The number of benzene rings is 1. The van der Waals surface area contributed by atoms with E-state index in [-0.39, 0.29) is 23.4 Å². The van der Waals surface area contributed by atoms with Crippen molar-refractivity contribution in [2.45, 2.75) is 33.1 Å². The van der Waals surface area contributed by atoms with E-state index in [9.17, 15) is 9.18 Å². The molecule has 0 unspecified atom stereocenters. The predicted octanol–water partition coefficient (Wildman–Crippen LogP) is 4.16. The van der Waals surface area contributed by atoms with Gasteiger partial charge in [0.2, 0.25) is 17.5 Å². The second-order valence-corrected chi connectivity index (χ2v) is 5.63. The largest absolute Gasteiger partial charge is 0.351 e. The highest BCUT2D eigenvalue weighted by Gasteiger charge is 2.24. The van der Waals surface area contributed by atoms with Crippen LogP contribution >= 0.6 is 0 Å². The molecule has 0 aliphatic carbocycles. The van der Waals surface area contributed by atoms with Crippen molar-refractivity contribution in [2.75, 3.05) is 13.6 Å². The molecule has 0 saturated heterocycles. The van der Waals surface area contributed by atoms with Crippen molar-refractivity contribution in [3.63, 3.8) is 0 Å². The summed E-state index contributed by atoms with van der Waals surface area (Å²) in [5, 5.41) is 7.48. The molecule has 0 fully saturated rings. The van der Waals surface area contributed by atoms with Gasteiger partial charge in [-0.25, -0.2) is 4.39 Å². The zero-order valence-corrected chi connectivity index (χ0v) is 15.8. The Morgan fingerprint density at radius 1 is 1.19 bits per heavy atom. The van der Waals surface area contributed by atoms with Gasteiger partial charge in [-0.05, 0) is 30.7 Å². The molecule has 1 aromatic carbocycles. The van der Waals surface area contributed by atoms with Crippen LogP contribution in [-0.2, 0) is 0 Å². The number of carbonyl (C=O) groups excluding carboxylic acids is 1. The van der Waals surface area contributed by atoms with E-state index in [2.05, 4.69) is 15.3 Å². The molecule has 0 N–H and O–H groups in total. The molecule has 3 aromatic rings. The Morgan fingerprint density at radius 2 is 1.89 bits per heavy atom. The van der Waals surface area contributed by atoms with Crippen molar-refractivity contribution in [3.05, 3.63) is 54.0 Å². The van der Waals surface area contributed by atoms with Gasteiger partial charge in [0, 0.05) is 25.2 Å². The van der Waals surface area contributed by atoms with Gasteiger partial charge in [-0.2, -0.15) is 4.98 Å². The summed E-state index contributed by atoms with van der Waals surface area (Å²) in [5.74, 6) is 0.269. The summed E-state index contributed by atoms with van der Waals surface area (Å²) in [4.78, 5) is 18.1. The third-order valence-corrected chi connectivity index (χ3v) is 3.88. The van der Waals surface area contributed by atoms with Crippen molar-refractivity contribution in [3.8, 4) is 11.4 Å². The molecule has 0 aliphatic rings. The van der Waals surface area contributed by atoms with Crippen LogP contribution in [0, 0.1) is 5.82 Å². The average Bonchev–Trinajstić information content (AvgIpc) is 3.39. The monoisotopic (exact) mass is 374 g/mol. The predicted molar refractivity (Wildman–Crippen MR) is 97.5 cm³/mol. The Kier molecular flexibility index (Phi) is 7.22. The summed E-state index contributed by atoms with van der Waals surface area (Å²) in [6, 6.07) is 7.37. The summed E-state index contributed by atoms with van der Waals surface area (Å²) in [5.41, 5.74) is 0.664. The van der Waals surface area contributed by atoms with E-state index in [1.165, 1.54) is 29.3 Å². The van der Waals surface area contributed by atoms with Crippen molar-refractivity contribution < 1.29 is 18.2 Å². The molecule has 0 aliphatic heterocycles. The minimum atomic E-state index is -0.327. The highest BCUT2D eigenvalue weighted by atomic mass is 19.1. The van der Waals surface area contributed by atoms with Crippen LogP contribution in [0.4, 0.5) is 4.39 Å². The van der Waals surface area contributed by atoms with E-state index in [1.54, 1.807) is 19.2 Å². The number of hydrogen-bond acceptors (Lipinski definition) is 6. The normalized spacial score (nSPS) is 11.4. The third kappa shape index (κ3) is 4.99. The minimum Gasteiger partial charge on any atom is -0.351 e. The Hall–Kier alpha value is -3.03. The Morgan fingerprint density at radius 3 is 2.48 bits per heavy atom. The number of amides is 1. The van der Waals surface area contributed by atoms with Gasteiger partial charge in [-0.15, -0.1) is 0 Å². The molecule has 1 amide bonds. The number of hydrogen-bond donors (Lipinski definition) is 0. The lowest BCUT2D eigenvalue weighted by Gasteiger charge is -2.19. The molecule has 3 rings (SSSR count). The van der Waals surface area contributed by atoms with Crippen LogP contribution in [0.2, 0.25) is 0 Å². The number of halogens is 1. The molecule has 0 radical (unpaired) electrons. The minimum absolute atomic E-state index is 0.126. The maximum atomic E-state index is 13.0. The molecule has 27 heavy (non-hydrogen) atoms. The van der Waals surface area contributed by atoms with E-state index >= 15 is 0 Å². The van der Waals surface area contributed by atoms with Crippen molar-refractivity contribution in [1.29, 1.82) is 0 Å². The molecule has 8 heteroatoms. The van der Waals surface area contributed by atoms with Crippen LogP contribution in [0.5, 0.6) is 0 Å². The average molecular weight is 374 g/mol. The van der Waals surface area contributed by atoms with Crippen molar-refractivity contribution >= 4 is 5.91 Å². The highest BCUT2D eigenvalue weighted by Crippen LogP contribution is 2.23. The Balaban J connectivity index is 0.00000126. The fourth-order valence-corrected chi connectivity index (χ4v) is 2.43. The number of carbonyl (C=O) groups is 1.